The summed E-state index contributed by atoms with van der Waals surface area (Å²) in [5.41, 5.74) is 1.28. The van der Waals surface area contributed by atoms with E-state index in [1.165, 1.54) is 0 Å². The van der Waals surface area contributed by atoms with E-state index in [9.17, 15) is 4.80 Å². The van der Waals surface area contributed by atoms with Gasteiger partial charge in [0.05, 0.1) is 6.04 Å². The second-order valence-corrected chi connectivity index (χ2v) is 10.7. The van der Waals surface area contributed by atoms with Crippen molar-refractivity contribution in [3.8, 4) is 0 Å². The third kappa shape index (κ3) is 2.59. The molecule has 1 N–H and O–H groups in total. The molecule has 1 aliphatic carbocycles. The summed E-state index contributed by atoms with van der Waals surface area (Å²) in [5.74, 6) is 0.736. The molecule has 0 aromatic heterocycles. The number of aliphatic imine (C=N–C) groups is 1. The summed E-state index contributed by atoms with van der Waals surface area (Å²) >= 11 is 0. The average molecular weight is 265 g/mol. The van der Waals surface area contributed by atoms with Crippen LogP contribution in [0.5, 0.6) is 0 Å². The van der Waals surface area contributed by atoms with Gasteiger partial charge in [-0.2, -0.15) is 0 Å². The fourth-order valence-electron chi connectivity index (χ4n) is 2.27. The largest absolute Gasteiger partial charge is 0.475 e. The molecular weight excluding hydrogens is 242 g/mol. The van der Waals surface area contributed by atoms with E-state index in [1.807, 2.05) is 25.2 Å². The van der Waals surface area contributed by atoms with Crippen LogP contribution >= 0.6 is 0 Å². The molecule has 2 rings (SSSR count). The van der Waals surface area contributed by atoms with Crippen LogP contribution in [0, 0.1) is 5.41 Å². The van der Waals surface area contributed by atoms with Crippen LogP contribution in [0.1, 0.15) is 20.8 Å². The smallest absolute Gasteiger partial charge is 0.212 e. The lowest BCUT2D eigenvalue weighted by Crippen LogP contribution is -2.33. The highest BCUT2D eigenvalue weighted by Crippen LogP contribution is 2.37. The zero-order chi connectivity index (χ0) is 13.6. The van der Waals surface area contributed by atoms with Gasteiger partial charge in [-0.05, 0) is 18.5 Å². The normalized spacial score (nSPS) is 28.1. The zero-order valence-electron chi connectivity index (χ0n) is 11.9. The fraction of sp³-hybridized carbons (Fsp3) is 0.643. The molecule has 0 aromatic rings. The molecule has 18 heavy (non-hydrogen) atoms. The van der Waals surface area contributed by atoms with Gasteiger partial charge in [-0.25, -0.2) is 4.99 Å². The van der Waals surface area contributed by atoms with Crippen molar-refractivity contribution in [2.75, 3.05) is 6.61 Å². The summed E-state index contributed by atoms with van der Waals surface area (Å²) in [6.07, 6.45) is 6.10. The van der Waals surface area contributed by atoms with Crippen LogP contribution in [-0.4, -0.2) is 31.7 Å². The first-order chi connectivity index (χ1) is 8.19. The monoisotopic (exact) mass is 265 g/mol. The Balaban J connectivity index is 2.20. The Morgan fingerprint density at radius 2 is 2.06 bits per heavy atom. The van der Waals surface area contributed by atoms with Crippen LogP contribution in [0.25, 0.3) is 0 Å². The van der Waals surface area contributed by atoms with Crippen molar-refractivity contribution in [3.63, 3.8) is 0 Å². The van der Waals surface area contributed by atoms with E-state index >= 15 is 0 Å². The highest BCUT2D eigenvalue weighted by molar-refractivity contribution is 6.73. The number of nitrogens with zero attached hydrogens (tertiary/aromatic N) is 1. The van der Waals surface area contributed by atoms with Gasteiger partial charge in [-0.3, -0.25) is 0 Å². The summed E-state index contributed by atoms with van der Waals surface area (Å²) in [6, 6.07) is 0.207. The fourth-order valence-corrected chi connectivity index (χ4v) is 3.84. The van der Waals surface area contributed by atoms with E-state index in [0.29, 0.717) is 6.61 Å². The van der Waals surface area contributed by atoms with Crippen molar-refractivity contribution in [1.29, 1.82) is 0 Å². The highest BCUT2D eigenvalue weighted by Gasteiger charge is 2.38. The quantitative estimate of drug-likeness (QED) is 0.780. The Kier molecular flexibility index (Phi) is 3.28. The molecule has 0 radical (unpaired) electrons. The molecule has 0 saturated heterocycles. The number of hydrogen-bond acceptors (Lipinski definition) is 3. The highest BCUT2D eigenvalue weighted by atomic mass is 28.4. The number of ether oxygens (including phenoxy) is 1. The third-order valence-electron chi connectivity index (χ3n) is 3.57. The predicted molar refractivity (Wildman–Crippen MR) is 77.3 cm³/mol. The molecule has 0 spiro atoms. The van der Waals surface area contributed by atoms with Gasteiger partial charge in [-0.15, -0.1) is 0 Å². The van der Waals surface area contributed by atoms with Crippen LogP contribution < -0.4 is 0 Å². The molecule has 3 nitrogen and oxygen atoms in total. The lowest BCUT2D eigenvalue weighted by Gasteiger charge is -2.23. The van der Waals surface area contributed by atoms with Crippen LogP contribution in [0.2, 0.25) is 18.6 Å². The molecule has 0 fully saturated rings. The Bertz CT molecular complexity index is 424. The minimum Gasteiger partial charge on any atom is -0.475 e. The average Bonchev–Trinajstić information content (AvgIpc) is 2.84. The number of rotatable bonds is 2. The first-order valence-electron chi connectivity index (χ1n) is 6.51. The maximum atomic E-state index is 10.3. The lowest BCUT2D eigenvalue weighted by molar-refractivity contribution is 0.235. The Morgan fingerprint density at radius 1 is 1.39 bits per heavy atom. The van der Waals surface area contributed by atoms with Gasteiger partial charge in [0, 0.05) is 11.1 Å². The van der Waals surface area contributed by atoms with Crippen LogP contribution in [0.3, 0.4) is 0 Å². The standard InChI is InChI=1S/C14H23NO2Si/c1-14(2,3)12-9-17-13(15-12)10-7-6-8-11(10)18(4,5)16/h6-8,11-12,16H,9H2,1-5H3/t11?,12-/m1/s1. The zero-order valence-corrected chi connectivity index (χ0v) is 12.9. The SMILES string of the molecule is CC(C)(C)[C@H]1COC(C2=CC=CC2[Si](C)(C)O)=N1. The molecule has 0 amide bonds. The molecule has 1 heterocycles. The molecule has 1 unspecified atom stereocenters. The first-order valence-corrected chi connectivity index (χ1v) is 9.54. The van der Waals surface area contributed by atoms with Crippen molar-refractivity contribution in [2.45, 2.75) is 45.4 Å². The summed E-state index contributed by atoms with van der Waals surface area (Å²) in [5, 5.41) is 0. The van der Waals surface area contributed by atoms with E-state index < -0.39 is 8.32 Å². The summed E-state index contributed by atoms with van der Waals surface area (Å²) in [7, 11) is -2.24. The van der Waals surface area contributed by atoms with Crippen LogP contribution in [0.4, 0.5) is 0 Å². The van der Waals surface area contributed by atoms with Crippen molar-refractivity contribution in [1.82, 2.24) is 0 Å². The van der Waals surface area contributed by atoms with Gasteiger partial charge in [0.15, 0.2) is 8.32 Å². The summed E-state index contributed by atoms with van der Waals surface area (Å²) < 4.78 is 5.75. The molecular formula is C14H23NO2Si. The maximum absolute atomic E-state index is 10.3. The second-order valence-electron chi connectivity index (χ2n) is 6.77. The molecule has 2 atom stereocenters. The molecule has 1 aliphatic heterocycles. The Hall–Kier alpha value is -0.873. The summed E-state index contributed by atoms with van der Waals surface area (Å²) in [4.78, 5) is 15.0. The third-order valence-corrected chi connectivity index (χ3v) is 5.60. The van der Waals surface area contributed by atoms with Gasteiger partial charge in [0.2, 0.25) is 5.90 Å². The van der Waals surface area contributed by atoms with Gasteiger partial charge < -0.3 is 9.53 Å². The van der Waals surface area contributed by atoms with Crippen molar-refractivity contribution in [2.24, 2.45) is 10.4 Å². The van der Waals surface area contributed by atoms with E-state index in [0.717, 1.165) is 11.5 Å². The summed E-state index contributed by atoms with van der Waals surface area (Å²) in [6.45, 7) is 11.1. The van der Waals surface area contributed by atoms with Gasteiger partial charge in [0.25, 0.3) is 0 Å². The minimum absolute atomic E-state index is 0.106. The molecule has 100 valence electrons. The van der Waals surface area contributed by atoms with Crippen LogP contribution in [-0.2, 0) is 4.74 Å². The van der Waals surface area contributed by atoms with Gasteiger partial charge >= 0.3 is 0 Å². The van der Waals surface area contributed by atoms with Gasteiger partial charge in [-0.1, -0.05) is 39.0 Å². The second kappa shape index (κ2) is 4.35. The first kappa shape index (κ1) is 13.6. The minimum atomic E-state index is -2.24. The van der Waals surface area contributed by atoms with Crippen LogP contribution in [0.15, 0.2) is 28.8 Å². The molecule has 0 saturated carbocycles. The lowest BCUT2D eigenvalue weighted by atomic mass is 9.88. The van der Waals surface area contributed by atoms with E-state index in [-0.39, 0.29) is 17.0 Å². The maximum Gasteiger partial charge on any atom is 0.212 e. The Labute approximate surface area is 110 Å². The Morgan fingerprint density at radius 3 is 2.56 bits per heavy atom. The van der Waals surface area contributed by atoms with E-state index in [4.69, 9.17) is 9.73 Å². The molecule has 2 aliphatic rings. The molecule has 0 aromatic carbocycles. The topological polar surface area (TPSA) is 41.8 Å². The number of allylic oxidation sites excluding steroid dienone is 3. The number of hydrogen-bond donors (Lipinski definition) is 1. The van der Waals surface area contributed by atoms with Crippen molar-refractivity contribution in [3.05, 3.63) is 23.8 Å². The predicted octanol–water partition coefficient (Wildman–Crippen LogP) is 2.89. The van der Waals surface area contributed by atoms with E-state index in [1.54, 1.807) is 0 Å². The van der Waals surface area contributed by atoms with Gasteiger partial charge in [0.1, 0.15) is 6.61 Å². The molecule has 0 bridgehead atoms. The van der Waals surface area contributed by atoms with E-state index in [2.05, 4.69) is 26.8 Å². The van der Waals surface area contributed by atoms with Crippen molar-refractivity contribution >= 4 is 14.2 Å². The van der Waals surface area contributed by atoms with Crippen molar-refractivity contribution < 1.29 is 9.53 Å². The molecule has 4 heteroatoms.